The van der Waals surface area contributed by atoms with E-state index in [2.05, 4.69) is 36.9 Å². The van der Waals surface area contributed by atoms with Crippen molar-refractivity contribution >= 4 is 47.4 Å². The van der Waals surface area contributed by atoms with Crippen molar-refractivity contribution in [3.05, 3.63) is 0 Å². The number of amides is 6. The highest BCUT2D eigenvalue weighted by Crippen LogP contribution is 2.13. The minimum atomic E-state index is -5.08. The Morgan fingerprint density at radius 1 is 0.778 bits per heavy atom. The Morgan fingerprint density at radius 2 is 1.30 bits per heavy atom. The molecule has 6 amide bonds. The van der Waals surface area contributed by atoms with E-state index in [0.29, 0.717) is 51.6 Å². The lowest BCUT2D eigenvalue weighted by Gasteiger charge is -2.25. The first-order valence-corrected chi connectivity index (χ1v) is 17.6. The molecule has 1 saturated heterocycles. The summed E-state index contributed by atoms with van der Waals surface area (Å²) in [6.45, 7) is 2.02. The molecule has 0 aromatic heterocycles. The first kappa shape index (κ1) is 49.2. The molecule has 310 valence electrons. The van der Waals surface area contributed by atoms with Crippen molar-refractivity contribution in [2.24, 2.45) is 27.9 Å². The smallest absolute Gasteiger partial charge is 0.475 e. The zero-order chi connectivity index (χ0) is 41.1. The van der Waals surface area contributed by atoms with E-state index >= 15 is 0 Å². The number of halogens is 3. The summed E-state index contributed by atoms with van der Waals surface area (Å²) < 4.78 is 37.2. The third kappa shape index (κ3) is 23.0. The van der Waals surface area contributed by atoms with Gasteiger partial charge in [0.05, 0.1) is 13.2 Å². The predicted octanol–water partition coefficient (Wildman–Crippen LogP) is -2.72. The summed E-state index contributed by atoms with van der Waals surface area (Å²) in [5.41, 5.74) is 22.2. The average molecular weight is 784 g/mol. The molecule has 0 aliphatic carbocycles. The fourth-order valence-electron chi connectivity index (χ4n) is 4.62. The van der Waals surface area contributed by atoms with Crippen LogP contribution >= 0.6 is 0 Å². The normalized spacial score (nSPS) is 21.7. The first-order chi connectivity index (χ1) is 25.5. The molecule has 0 saturated carbocycles. The Bertz CT molecular complexity index is 1240. The SMILES string of the molecule is CCCC[C@H]1NC(=O)CCNC(=O)CNC(=O)[C@H](N=C(N)N)CCOCNC(=O)[C@H](CCCCN)NC(=O)[C@H](CCCCN)NC1=O.O=C(O)C(F)(F)F. The molecule has 20 nitrogen and oxygen atoms in total. The number of carbonyl (C=O) groups excluding carboxylic acids is 6. The molecule has 1 aliphatic rings. The second kappa shape index (κ2) is 27.8. The summed E-state index contributed by atoms with van der Waals surface area (Å²) in [6.07, 6.45) is -0.595. The van der Waals surface area contributed by atoms with Gasteiger partial charge in [0.15, 0.2) is 5.96 Å². The summed E-state index contributed by atoms with van der Waals surface area (Å²) in [4.78, 5) is 90.5. The van der Waals surface area contributed by atoms with Crippen LogP contribution in [0.3, 0.4) is 0 Å². The lowest BCUT2D eigenvalue weighted by atomic mass is 10.0. The van der Waals surface area contributed by atoms with Gasteiger partial charge in [-0.05, 0) is 58.0 Å². The topological polar surface area (TPSA) is 338 Å². The van der Waals surface area contributed by atoms with Crippen molar-refractivity contribution in [2.45, 2.75) is 108 Å². The molecule has 0 radical (unpaired) electrons. The fourth-order valence-corrected chi connectivity index (χ4v) is 4.62. The number of carboxylic acid groups (broad SMARTS) is 1. The van der Waals surface area contributed by atoms with Gasteiger partial charge in [-0.15, -0.1) is 0 Å². The van der Waals surface area contributed by atoms with Gasteiger partial charge in [0, 0.05) is 19.4 Å². The van der Waals surface area contributed by atoms with Gasteiger partial charge in [-0.1, -0.05) is 19.8 Å². The van der Waals surface area contributed by atoms with Crippen LogP contribution in [0.4, 0.5) is 13.2 Å². The van der Waals surface area contributed by atoms with Gasteiger partial charge >= 0.3 is 12.1 Å². The quantitative estimate of drug-likeness (QED) is 0.0545. The third-order valence-electron chi connectivity index (χ3n) is 7.49. The van der Waals surface area contributed by atoms with Crippen molar-refractivity contribution in [3.63, 3.8) is 0 Å². The highest BCUT2D eigenvalue weighted by molar-refractivity contribution is 5.94. The number of aliphatic carboxylic acids is 1. The molecule has 0 aromatic carbocycles. The Kier molecular flexibility index (Phi) is 25.3. The minimum absolute atomic E-state index is 0.0292. The Balaban J connectivity index is 0.00000363. The highest BCUT2D eigenvalue weighted by atomic mass is 19.4. The van der Waals surface area contributed by atoms with Gasteiger partial charge < -0.3 is 64.7 Å². The maximum Gasteiger partial charge on any atom is 0.490 e. The van der Waals surface area contributed by atoms with Crippen LogP contribution in [0.2, 0.25) is 0 Å². The van der Waals surface area contributed by atoms with Crippen molar-refractivity contribution in [1.29, 1.82) is 0 Å². The zero-order valence-electron chi connectivity index (χ0n) is 30.4. The molecule has 1 fully saturated rings. The first-order valence-electron chi connectivity index (χ1n) is 17.6. The number of carboxylic acids is 1. The van der Waals surface area contributed by atoms with E-state index in [1.807, 2.05) is 6.92 Å². The number of hydrogen-bond acceptors (Lipinski definition) is 11. The fraction of sp³-hybridized carbons (Fsp3) is 0.742. The third-order valence-corrected chi connectivity index (χ3v) is 7.49. The number of guanidine groups is 1. The molecular formula is C31H56F3N11O9. The number of unbranched alkanes of at least 4 members (excludes halogenated alkanes) is 3. The zero-order valence-corrected chi connectivity index (χ0v) is 30.4. The lowest BCUT2D eigenvalue weighted by Crippen LogP contribution is -2.57. The van der Waals surface area contributed by atoms with E-state index in [1.165, 1.54) is 0 Å². The number of nitrogens with two attached hydrogens (primary N) is 4. The van der Waals surface area contributed by atoms with Crippen molar-refractivity contribution in [2.75, 3.05) is 39.5 Å². The van der Waals surface area contributed by atoms with Gasteiger partial charge in [-0.3, -0.25) is 28.8 Å². The molecular weight excluding hydrogens is 727 g/mol. The summed E-state index contributed by atoms with van der Waals surface area (Å²) >= 11 is 0. The van der Waals surface area contributed by atoms with E-state index in [1.54, 1.807) is 0 Å². The number of hydrogen-bond donors (Lipinski definition) is 11. The molecule has 0 bridgehead atoms. The average Bonchev–Trinajstić information content (AvgIpc) is 3.10. The molecule has 23 heteroatoms. The molecule has 4 atom stereocenters. The van der Waals surface area contributed by atoms with Gasteiger partial charge in [-0.2, -0.15) is 13.2 Å². The second-order valence-corrected chi connectivity index (χ2v) is 12.0. The number of ether oxygens (including phenoxy) is 1. The minimum Gasteiger partial charge on any atom is -0.475 e. The van der Waals surface area contributed by atoms with Gasteiger partial charge in [0.2, 0.25) is 35.4 Å². The van der Waals surface area contributed by atoms with Gasteiger partial charge in [0.25, 0.3) is 0 Å². The van der Waals surface area contributed by atoms with Crippen LogP contribution < -0.4 is 54.8 Å². The van der Waals surface area contributed by atoms with Crippen LogP contribution in [0.5, 0.6) is 0 Å². The van der Waals surface area contributed by atoms with Gasteiger partial charge in [0.1, 0.15) is 30.9 Å². The largest absolute Gasteiger partial charge is 0.490 e. The molecule has 1 rings (SSSR count). The monoisotopic (exact) mass is 783 g/mol. The van der Waals surface area contributed by atoms with Crippen LogP contribution in [0.25, 0.3) is 0 Å². The number of nitrogens with zero attached hydrogens (tertiary/aromatic N) is 1. The van der Waals surface area contributed by atoms with Gasteiger partial charge in [-0.25, -0.2) is 9.79 Å². The standard InChI is InChI=1S/C29H55N11O7.C2HF3O2/c1-2-3-8-20-27(45)39-21(10-5-7-14-31)28(46)38-19(9-4-6-13-30)26(44)36-18-47-16-12-22(40-29(32)33)25(43)35-17-24(42)34-15-11-23(41)37-20;3-2(4,5)1(6)7/h19-22H,2-18,30-31H2,1H3,(H,34,42)(H,35,43)(H,36,44)(H,37,41)(H,38,46)(H,39,45)(H4,32,33,40);(H,6,7)/t19-,20+,21-,22+;/m0./s1. The maximum absolute atomic E-state index is 13.5. The Labute approximate surface area is 311 Å². The number of rotatable bonds is 12. The van der Waals surface area contributed by atoms with Crippen LogP contribution in [-0.2, 0) is 38.3 Å². The summed E-state index contributed by atoms with van der Waals surface area (Å²) in [5.74, 6) is -6.39. The lowest BCUT2D eigenvalue weighted by molar-refractivity contribution is -0.192. The maximum atomic E-state index is 13.5. The van der Waals surface area contributed by atoms with Crippen LogP contribution in [-0.4, -0.2) is 122 Å². The summed E-state index contributed by atoms with van der Waals surface area (Å²) in [7, 11) is 0. The van der Waals surface area contributed by atoms with Crippen molar-refractivity contribution < 1.29 is 56.6 Å². The van der Waals surface area contributed by atoms with E-state index < -0.39 is 78.3 Å². The summed E-state index contributed by atoms with van der Waals surface area (Å²) in [5, 5.41) is 22.9. The number of aliphatic imine (C=N–C) groups is 1. The number of carbonyl (C=O) groups is 7. The molecule has 0 unspecified atom stereocenters. The molecule has 1 aliphatic heterocycles. The van der Waals surface area contributed by atoms with E-state index in [-0.39, 0.29) is 51.5 Å². The second-order valence-electron chi connectivity index (χ2n) is 12.0. The molecule has 15 N–H and O–H groups in total. The predicted molar refractivity (Wildman–Crippen MR) is 189 cm³/mol. The Morgan fingerprint density at radius 3 is 1.80 bits per heavy atom. The van der Waals surface area contributed by atoms with E-state index in [9.17, 15) is 41.9 Å². The van der Waals surface area contributed by atoms with Crippen molar-refractivity contribution in [3.8, 4) is 0 Å². The summed E-state index contributed by atoms with van der Waals surface area (Å²) in [6, 6.07) is -3.94. The number of alkyl halides is 3. The van der Waals surface area contributed by atoms with E-state index in [4.69, 9.17) is 37.6 Å². The molecule has 0 spiro atoms. The Hall–Kier alpha value is -4.77. The molecule has 1 heterocycles. The molecule has 54 heavy (non-hydrogen) atoms. The number of nitrogens with one attached hydrogen (secondary N) is 6. The van der Waals surface area contributed by atoms with Crippen LogP contribution in [0.1, 0.15) is 77.6 Å². The van der Waals surface area contributed by atoms with Crippen LogP contribution in [0, 0.1) is 0 Å². The van der Waals surface area contributed by atoms with E-state index in [0.717, 1.165) is 6.42 Å². The highest BCUT2D eigenvalue weighted by Gasteiger charge is 2.38. The molecule has 0 aromatic rings. The van der Waals surface area contributed by atoms with Crippen LogP contribution in [0.15, 0.2) is 4.99 Å². The van der Waals surface area contributed by atoms with Crippen molar-refractivity contribution in [1.82, 2.24) is 31.9 Å².